The lowest BCUT2D eigenvalue weighted by molar-refractivity contribution is -0.141. The van der Waals surface area contributed by atoms with Crippen molar-refractivity contribution in [2.75, 3.05) is 0 Å². The Labute approximate surface area is 110 Å². The average Bonchev–Trinajstić information content (AvgIpc) is 2.81. The second-order valence-electron chi connectivity index (χ2n) is 4.62. The first kappa shape index (κ1) is 13.5. The van der Waals surface area contributed by atoms with Crippen LogP contribution in [0.1, 0.15) is 28.4 Å². The molecule has 1 aromatic rings. The van der Waals surface area contributed by atoms with E-state index in [9.17, 15) is 14.7 Å². The summed E-state index contributed by atoms with van der Waals surface area (Å²) in [7, 11) is 0. The molecule has 6 heteroatoms. The van der Waals surface area contributed by atoms with Crippen LogP contribution in [0.5, 0.6) is 0 Å². The summed E-state index contributed by atoms with van der Waals surface area (Å²) in [5.41, 5.74) is 2.58. The molecule has 0 spiro atoms. The van der Waals surface area contributed by atoms with Crippen LogP contribution in [0.3, 0.4) is 0 Å². The molecule has 1 heterocycles. The number of carboxylic acids is 1. The largest absolute Gasteiger partial charge is 0.480 e. The topological polar surface area (TPSA) is 98.7 Å². The minimum atomic E-state index is -1.31. The minimum absolute atomic E-state index is 0.398. The predicted molar refractivity (Wildman–Crippen MR) is 67.6 cm³/mol. The zero-order valence-corrected chi connectivity index (χ0v) is 10.5. The van der Waals surface area contributed by atoms with E-state index in [2.05, 4.69) is 10.6 Å². The summed E-state index contributed by atoms with van der Waals surface area (Å²) in [6.07, 6.45) is -1.16. The third-order valence-corrected chi connectivity index (χ3v) is 3.13. The fraction of sp³-hybridized carbons (Fsp3) is 0.385. The molecule has 0 aromatic heterocycles. The number of aliphatic hydroxyl groups is 1. The molecular formula is C13H16N2O4. The molecular weight excluding hydrogens is 248 g/mol. The number of carbonyl (C=O) groups excluding carboxylic acids is 1. The maximum absolute atomic E-state index is 12.0. The summed E-state index contributed by atoms with van der Waals surface area (Å²) in [5, 5.41) is 23.7. The zero-order chi connectivity index (χ0) is 14.0. The van der Waals surface area contributed by atoms with Crippen LogP contribution in [-0.2, 0) is 17.9 Å². The minimum Gasteiger partial charge on any atom is -0.480 e. The zero-order valence-electron chi connectivity index (χ0n) is 10.5. The van der Waals surface area contributed by atoms with Gasteiger partial charge in [-0.25, -0.2) is 4.79 Å². The van der Waals surface area contributed by atoms with Crippen molar-refractivity contribution in [1.29, 1.82) is 0 Å². The third-order valence-electron chi connectivity index (χ3n) is 3.13. The highest BCUT2D eigenvalue weighted by molar-refractivity contribution is 5.97. The van der Waals surface area contributed by atoms with E-state index in [4.69, 9.17) is 5.11 Å². The third kappa shape index (κ3) is 2.91. The number of carbonyl (C=O) groups is 2. The van der Waals surface area contributed by atoms with E-state index in [1.165, 1.54) is 6.92 Å². The molecule has 1 aliphatic heterocycles. The van der Waals surface area contributed by atoms with Gasteiger partial charge in [-0.15, -0.1) is 0 Å². The standard InChI is InChI=1S/C13H16N2O4/c1-7(16)11(13(18)19)15-12(17)8-2-3-9-5-14-6-10(9)4-8/h2-4,7,11,14,16H,5-6H2,1H3,(H,15,17)(H,18,19). The Kier molecular flexibility index (Phi) is 3.82. The van der Waals surface area contributed by atoms with Gasteiger partial charge in [0.25, 0.3) is 5.91 Å². The number of hydrogen-bond acceptors (Lipinski definition) is 4. The Hall–Kier alpha value is -1.92. The molecule has 2 atom stereocenters. The maximum Gasteiger partial charge on any atom is 0.328 e. The van der Waals surface area contributed by atoms with Crippen molar-refractivity contribution in [3.05, 3.63) is 34.9 Å². The molecule has 2 rings (SSSR count). The van der Waals surface area contributed by atoms with Crippen LogP contribution in [0.4, 0.5) is 0 Å². The molecule has 1 aliphatic rings. The van der Waals surface area contributed by atoms with Gasteiger partial charge in [-0.2, -0.15) is 0 Å². The quantitative estimate of drug-likeness (QED) is 0.606. The van der Waals surface area contributed by atoms with Gasteiger partial charge in [-0.1, -0.05) is 6.07 Å². The lowest BCUT2D eigenvalue weighted by Gasteiger charge is -2.17. The molecule has 102 valence electrons. The van der Waals surface area contributed by atoms with Gasteiger partial charge < -0.3 is 20.8 Å². The summed E-state index contributed by atoms with van der Waals surface area (Å²) < 4.78 is 0. The van der Waals surface area contributed by atoms with Gasteiger partial charge in [0.1, 0.15) is 0 Å². The van der Waals surface area contributed by atoms with E-state index in [1.54, 1.807) is 12.1 Å². The highest BCUT2D eigenvalue weighted by Crippen LogP contribution is 2.17. The van der Waals surface area contributed by atoms with Crippen molar-refractivity contribution >= 4 is 11.9 Å². The van der Waals surface area contributed by atoms with Crippen LogP contribution < -0.4 is 10.6 Å². The van der Waals surface area contributed by atoms with Crippen LogP contribution in [-0.4, -0.2) is 34.2 Å². The molecule has 19 heavy (non-hydrogen) atoms. The molecule has 0 aliphatic carbocycles. The van der Waals surface area contributed by atoms with E-state index < -0.39 is 24.0 Å². The number of carboxylic acid groups (broad SMARTS) is 1. The molecule has 6 nitrogen and oxygen atoms in total. The van der Waals surface area contributed by atoms with Crippen molar-refractivity contribution in [3.63, 3.8) is 0 Å². The van der Waals surface area contributed by atoms with E-state index in [-0.39, 0.29) is 0 Å². The summed E-state index contributed by atoms with van der Waals surface area (Å²) in [6, 6.07) is 3.94. The normalized spacial score (nSPS) is 16.5. The number of rotatable bonds is 4. The number of amides is 1. The van der Waals surface area contributed by atoms with Gasteiger partial charge in [0.15, 0.2) is 6.04 Å². The molecule has 0 fully saturated rings. The molecule has 0 saturated carbocycles. The van der Waals surface area contributed by atoms with Crippen LogP contribution in [0, 0.1) is 0 Å². The lowest BCUT2D eigenvalue weighted by Crippen LogP contribution is -2.47. The summed E-state index contributed by atoms with van der Waals surface area (Å²) >= 11 is 0. The van der Waals surface area contributed by atoms with Crippen molar-refractivity contribution in [1.82, 2.24) is 10.6 Å². The number of nitrogens with one attached hydrogen (secondary N) is 2. The second-order valence-corrected chi connectivity index (χ2v) is 4.62. The van der Waals surface area contributed by atoms with Crippen LogP contribution in [0.25, 0.3) is 0 Å². The number of benzene rings is 1. The van der Waals surface area contributed by atoms with Gasteiger partial charge >= 0.3 is 5.97 Å². The number of fused-ring (bicyclic) bond motifs is 1. The molecule has 0 bridgehead atoms. The molecule has 1 amide bonds. The highest BCUT2D eigenvalue weighted by atomic mass is 16.4. The van der Waals surface area contributed by atoms with Crippen molar-refractivity contribution in [2.24, 2.45) is 0 Å². The van der Waals surface area contributed by atoms with Crippen LogP contribution in [0.15, 0.2) is 18.2 Å². The number of hydrogen-bond donors (Lipinski definition) is 4. The molecule has 4 N–H and O–H groups in total. The summed E-state index contributed by atoms with van der Waals surface area (Å²) in [6.45, 7) is 2.81. The van der Waals surface area contributed by atoms with E-state index >= 15 is 0 Å². The van der Waals surface area contributed by atoms with Gasteiger partial charge in [-0.05, 0) is 30.2 Å². The Balaban J connectivity index is 2.13. The van der Waals surface area contributed by atoms with Gasteiger partial charge in [0, 0.05) is 18.7 Å². The van der Waals surface area contributed by atoms with Crippen molar-refractivity contribution in [2.45, 2.75) is 32.2 Å². The Morgan fingerprint density at radius 1 is 1.32 bits per heavy atom. The first-order valence-corrected chi connectivity index (χ1v) is 6.03. The Morgan fingerprint density at radius 2 is 2.00 bits per heavy atom. The second kappa shape index (κ2) is 5.38. The molecule has 2 unspecified atom stereocenters. The fourth-order valence-electron chi connectivity index (χ4n) is 2.05. The van der Waals surface area contributed by atoms with Crippen LogP contribution in [0.2, 0.25) is 0 Å². The SMILES string of the molecule is CC(O)C(NC(=O)c1ccc2c(c1)CNC2)C(=O)O. The number of aliphatic hydroxyl groups excluding tert-OH is 1. The Bertz CT molecular complexity index is 513. The van der Waals surface area contributed by atoms with E-state index in [0.717, 1.165) is 17.7 Å². The first-order chi connectivity index (χ1) is 8.99. The van der Waals surface area contributed by atoms with Gasteiger partial charge in [0.2, 0.25) is 0 Å². The fourth-order valence-corrected chi connectivity index (χ4v) is 2.05. The maximum atomic E-state index is 12.0. The number of aliphatic carboxylic acids is 1. The van der Waals surface area contributed by atoms with Crippen molar-refractivity contribution in [3.8, 4) is 0 Å². The smallest absolute Gasteiger partial charge is 0.328 e. The monoisotopic (exact) mass is 264 g/mol. The lowest BCUT2D eigenvalue weighted by atomic mass is 10.1. The molecule has 0 radical (unpaired) electrons. The Morgan fingerprint density at radius 3 is 2.63 bits per heavy atom. The van der Waals surface area contributed by atoms with Gasteiger partial charge in [0.05, 0.1) is 6.10 Å². The van der Waals surface area contributed by atoms with E-state index in [1.807, 2.05) is 6.07 Å². The molecule has 0 saturated heterocycles. The highest BCUT2D eigenvalue weighted by Gasteiger charge is 2.25. The van der Waals surface area contributed by atoms with Gasteiger partial charge in [-0.3, -0.25) is 4.79 Å². The molecule has 1 aromatic carbocycles. The van der Waals surface area contributed by atoms with E-state index in [0.29, 0.717) is 12.1 Å². The first-order valence-electron chi connectivity index (χ1n) is 6.03. The van der Waals surface area contributed by atoms with Crippen molar-refractivity contribution < 1.29 is 19.8 Å². The average molecular weight is 264 g/mol. The van der Waals surface area contributed by atoms with Crippen LogP contribution >= 0.6 is 0 Å². The predicted octanol–water partition coefficient (Wildman–Crippen LogP) is -0.146. The summed E-state index contributed by atoms with van der Waals surface area (Å²) in [4.78, 5) is 22.9. The summed E-state index contributed by atoms with van der Waals surface area (Å²) in [5.74, 6) is -1.76.